The fraction of sp³-hybridized carbons (Fsp3) is 0.538. The van der Waals surface area contributed by atoms with Gasteiger partial charge in [-0.25, -0.2) is 0 Å². The first kappa shape index (κ1) is 13.5. The second kappa shape index (κ2) is 6.92. The van der Waals surface area contributed by atoms with Crippen molar-refractivity contribution in [3.63, 3.8) is 0 Å². The number of benzene rings is 1. The van der Waals surface area contributed by atoms with Gasteiger partial charge in [-0.1, -0.05) is 25.5 Å². The van der Waals surface area contributed by atoms with E-state index < -0.39 is 0 Å². The molecule has 0 amide bonds. The van der Waals surface area contributed by atoms with Crippen LogP contribution in [-0.2, 0) is 6.42 Å². The normalized spacial score (nSPS) is 12.5. The van der Waals surface area contributed by atoms with Gasteiger partial charge in [-0.3, -0.25) is 0 Å². The van der Waals surface area contributed by atoms with Crippen molar-refractivity contribution < 1.29 is 4.74 Å². The molecule has 0 saturated heterocycles. The number of hydrogen-bond acceptors (Lipinski definition) is 2. The minimum atomic E-state index is 0.250. The Kier molecular flexibility index (Phi) is 5.85. The van der Waals surface area contributed by atoms with E-state index in [2.05, 4.69) is 35.8 Å². The summed E-state index contributed by atoms with van der Waals surface area (Å²) in [6.07, 6.45) is 3.31. The van der Waals surface area contributed by atoms with Gasteiger partial charge < -0.3 is 10.5 Å². The van der Waals surface area contributed by atoms with Crippen LogP contribution in [0.1, 0.15) is 32.3 Å². The summed E-state index contributed by atoms with van der Waals surface area (Å²) < 4.78 is 6.98. The highest BCUT2D eigenvalue weighted by Gasteiger charge is 2.10. The molecule has 1 atom stereocenters. The highest BCUT2D eigenvalue weighted by atomic mass is 79.9. The molecular formula is C13H20BrNO. The first-order valence-electron chi connectivity index (χ1n) is 5.83. The first-order valence-corrected chi connectivity index (χ1v) is 6.62. The van der Waals surface area contributed by atoms with E-state index in [9.17, 15) is 0 Å². The lowest BCUT2D eigenvalue weighted by Crippen LogP contribution is -2.14. The molecule has 0 aliphatic rings. The third kappa shape index (κ3) is 3.80. The summed E-state index contributed by atoms with van der Waals surface area (Å²) in [7, 11) is 0. The van der Waals surface area contributed by atoms with Gasteiger partial charge in [0.15, 0.2) is 0 Å². The van der Waals surface area contributed by atoms with Crippen molar-refractivity contribution in [1.29, 1.82) is 0 Å². The lowest BCUT2D eigenvalue weighted by Gasteiger charge is -2.18. The van der Waals surface area contributed by atoms with Crippen LogP contribution in [0.25, 0.3) is 0 Å². The Morgan fingerprint density at radius 1 is 1.44 bits per heavy atom. The lowest BCUT2D eigenvalue weighted by atomic mass is 10.1. The average Bonchev–Trinajstić information content (AvgIpc) is 2.24. The minimum Gasteiger partial charge on any atom is -0.489 e. The summed E-state index contributed by atoms with van der Waals surface area (Å²) in [5.41, 5.74) is 6.78. The molecule has 0 bridgehead atoms. The first-order chi connectivity index (χ1) is 7.69. The minimum absolute atomic E-state index is 0.250. The Morgan fingerprint density at radius 2 is 2.19 bits per heavy atom. The Morgan fingerprint density at radius 3 is 2.81 bits per heavy atom. The second-order valence-electron chi connectivity index (χ2n) is 3.98. The summed E-state index contributed by atoms with van der Waals surface area (Å²) in [4.78, 5) is 0. The molecule has 1 unspecified atom stereocenters. The lowest BCUT2D eigenvalue weighted by molar-refractivity contribution is 0.206. The predicted octanol–water partition coefficient (Wildman–Crippen LogP) is 3.52. The molecule has 3 heteroatoms. The molecule has 2 N–H and O–H groups in total. The molecule has 0 saturated carbocycles. The van der Waals surface area contributed by atoms with E-state index in [1.54, 1.807) is 0 Å². The van der Waals surface area contributed by atoms with Crippen LogP contribution in [0.4, 0.5) is 0 Å². The molecule has 1 aromatic rings. The summed E-state index contributed by atoms with van der Waals surface area (Å²) in [6.45, 7) is 4.92. The van der Waals surface area contributed by atoms with Crippen LogP contribution in [0, 0.1) is 0 Å². The van der Waals surface area contributed by atoms with Crippen molar-refractivity contribution in [2.45, 2.75) is 39.2 Å². The van der Waals surface area contributed by atoms with Gasteiger partial charge in [0.1, 0.15) is 5.75 Å². The quantitative estimate of drug-likeness (QED) is 0.868. The van der Waals surface area contributed by atoms with E-state index in [4.69, 9.17) is 10.5 Å². The Hall–Kier alpha value is -0.540. The maximum atomic E-state index is 5.97. The fourth-order valence-electron chi connectivity index (χ4n) is 1.70. The number of halogens is 1. The third-order valence-electron chi connectivity index (χ3n) is 2.48. The largest absolute Gasteiger partial charge is 0.489 e. The zero-order valence-electron chi connectivity index (χ0n) is 10.0. The third-order valence-corrected chi connectivity index (χ3v) is 3.10. The summed E-state index contributed by atoms with van der Waals surface area (Å²) >= 11 is 3.53. The van der Waals surface area contributed by atoms with Crippen LogP contribution < -0.4 is 10.5 Å². The van der Waals surface area contributed by atoms with Crippen molar-refractivity contribution in [1.82, 2.24) is 0 Å². The molecule has 0 aliphatic carbocycles. The number of para-hydroxylation sites is 1. The fourth-order valence-corrected chi connectivity index (χ4v) is 2.21. The van der Waals surface area contributed by atoms with Crippen LogP contribution in [0.5, 0.6) is 5.75 Å². The van der Waals surface area contributed by atoms with E-state index in [-0.39, 0.29) is 6.10 Å². The van der Waals surface area contributed by atoms with Gasteiger partial charge >= 0.3 is 0 Å². The molecule has 2 nitrogen and oxygen atoms in total. The van der Waals surface area contributed by atoms with Crippen LogP contribution in [0.15, 0.2) is 22.7 Å². The Bertz CT molecular complexity index is 328. The van der Waals surface area contributed by atoms with Gasteiger partial charge in [-0.15, -0.1) is 0 Å². The smallest absolute Gasteiger partial charge is 0.137 e. The maximum absolute atomic E-state index is 5.97. The van der Waals surface area contributed by atoms with Gasteiger partial charge in [0.05, 0.1) is 10.6 Å². The van der Waals surface area contributed by atoms with Gasteiger partial charge in [-0.2, -0.15) is 0 Å². The highest BCUT2D eigenvalue weighted by Crippen LogP contribution is 2.30. The van der Waals surface area contributed by atoms with E-state index >= 15 is 0 Å². The maximum Gasteiger partial charge on any atom is 0.137 e. The topological polar surface area (TPSA) is 35.2 Å². The molecule has 0 aromatic heterocycles. The Labute approximate surface area is 106 Å². The predicted molar refractivity (Wildman–Crippen MR) is 71.9 cm³/mol. The number of hydrogen-bond donors (Lipinski definition) is 1. The van der Waals surface area contributed by atoms with Crippen LogP contribution in [-0.4, -0.2) is 12.6 Å². The van der Waals surface area contributed by atoms with E-state index in [0.717, 1.165) is 29.5 Å². The van der Waals surface area contributed by atoms with Gasteiger partial charge in [0, 0.05) is 0 Å². The molecule has 0 radical (unpaired) electrons. The standard InChI is InChI=1S/C13H20BrNO/c1-3-5-10(2)16-13-11(8-9-15)6-4-7-12(13)14/h4,6-7,10H,3,5,8-9,15H2,1-2H3. The van der Waals surface area contributed by atoms with Crippen LogP contribution >= 0.6 is 15.9 Å². The van der Waals surface area contributed by atoms with Crippen molar-refractivity contribution >= 4 is 15.9 Å². The van der Waals surface area contributed by atoms with Gasteiger partial charge in [0.25, 0.3) is 0 Å². The molecule has 90 valence electrons. The van der Waals surface area contributed by atoms with Crippen LogP contribution in [0.2, 0.25) is 0 Å². The summed E-state index contributed by atoms with van der Waals surface area (Å²) in [6, 6.07) is 6.10. The SMILES string of the molecule is CCCC(C)Oc1c(Br)cccc1CCN. The molecule has 0 aliphatic heterocycles. The van der Waals surface area contributed by atoms with Crippen LogP contribution in [0.3, 0.4) is 0 Å². The van der Waals surface area contributed by atoms with Crippen molar-refractivity contribution in [3.8, 4) is 5.75 Å². The van der Waals surface area contributed by atoms with Crippen molar-refractivity contribution in [2.75, 3.05) is 6.54 Å². The number of rotatable bonds is 6. The molecule has 0 spiro atoms. The van der Waals surface area contributed by atoms with Gasteiger partial charge in [0.2, 0.25) is 0 Å². The average molecular weight is 286 g/mol. The number of nitrogens with two attached hydrogens (primary N) is 1. The summed E-state index contributed by atoms with van der Waals surface area (Å²) in [5, 5.41) is 0. The van der Waals surface area contributed by atoms with Crippen molar-refractivity contribution in [3.05, 3.63) is 28.2 Å². The molecule has 0 heterocycles. The Balaban J connectivity index is 2.83. The molecule has 0 fully saturated rings. The van der Waals surface area contributed by atoms with E-state index in [1.165, 1.54) is 5.56 Å². The highest BCUT2D eigenvalue weighted by molar-refractivity contribution is 9.10. The van der Waals surface area contributed by atoms with Crippen molar-refractivity contribution in [2.24, 2.45) is 5.73 Å². The zero-order valence-corrected chi connectivity index (χ0v) is 11.6. The molecular weight excluding hydrogens is 266 g/mol. The van der Waals surface area contributed by atoms with E-state index in [0.29, 0.717) is 6.54 Å². The molecule has 1 aromatic carbocycles. The van der Waals surface area contributed by atoms with E-state index in [1.807, 2.05) is 12.1 Å². The molecule has 16 heavy (non-hydrogen) atoms. The second-order valence-corrected chi connectivity index (χ2v) is 4.84. The summed E-state index contributed by atoms with van der Waals surface area (Å²) in [5.74, 6) is 0.953. The monoisotopic (exact) mass is 285 g/mol. The number of ether oxygens (including phenoxy) is 1. The zero-order chi connectivity index (χ0) is 12.0. The molecule has 1 rings (SSSR count). The van der Waals surface area contributed by atoms with Gasteiger partial charge in [-0.05, 0) is 53.9 Å².